The van der Waals surface area contributed by atoms with Crippen LogP contribution in [0.15, 0.2) is 102 Å². The second kappa shape index (κ2) is 9.06. The number of hydrogen-bond donors (Lipinski definition) is 0. The van der Waals surface area contributed by atoms with E-state index >= 15 is 0 Å². The maximum Gasteiger partial charge on any atom is 1.00 e. The molecule has 6 heteroatoms. The average molecular weight is 489 g/mol. The number of rotatable bonds is 5. The number of benzene rings is 3. The van der Waals surface area contributed by atoms with E-state index in [1.165, 1.54) is 0 Å². The van der Waals surface area contributed by atoms with Crippen LogP contribution in [0.25, 0.3) is 0 Å². The molecule has 1 aliphatic heterocycles. The minimum atomic E-state index is -3.38. The maximum atomic E-state index is 11.5. The fraction of sp³-hybridized carbons (Fsp3) is 0.160. The van der Waals surface area contributed by atoms with Crippen molar-refractivity contribution in [2.45, 2.75) is 24.5 Å². The molecule has 0 N–H and O–H groups in total. The third-order valence-corrected chi connectivity index (χ3v) is 14.9. The minimum absolute atomic E-state index is 0. The molecule has 31 heavy (non-hydrogen) atoms. The van der Waals surface area contributed by atoms with Crippen LogP contribution in [0.2, 0.25) is 0 Å². The normalized spacial score (nSPS) is 23.1. The van der Waals surface area contributed by atoms with Crippen molar-refractivity contribution in [1.82, 2.24) is 0 Å². The van der Waals surface area contributed by atoms with Crippen molar-refractivity contribution in [1.29, 1.82) is 0 Å². The molecule has 1 aliphatic rings. The van der Waals surface area contributed by atoms with Gasteiger partial charge < -0.3 is 0 Å². The summed E-state index contributed by atoms with van der Waals surface area (Å²) in [5.41, 5.74) is 0.898. The standard InChI is InChI=1S/C25H24BrO3P.Li/c1-18(19(2)25(27)28)23-24(26)30(29-23,20-12-6-3-7-13-20,21-14-8-4-9-15-21)22-16-10-5-11-17-22;/h3-17,23-24H,1-2H3,(H,27,28);/q;+1/p-1/b19-18-;/t23-,24+;/m0./s1. The molecular formula is C25H23BrLiO3P. The summed E-state index contributed by atoms with van der Waals surface area (Å²) >= 11 is 4.02. The predicted molar refractivity (Wildman–Crippen MR) is 126 cm³/mol. The van der Waals surface area contributed by atoms with Gasteiger partial charge in [-0.1, -0.05) is 0 Å². The van der Waals surface area contributed by atoms with Crippen molar-refractivity contribution in [2.24, 2.45) is 0 Å². The quantitative estimate of drug-likeness (QED) is 0.229. The van der Waals surface area contributed by atoms with E-state index in [-0.39, 0.29) is 35.1 Å². The third kappa shape index (κ3) is 3.37. The van der Waals surface area contributed by atoms with Gasteiger partial charge in [0.25, 0.3) is 0 Å². The minimum Gasteiger partial charge on any atom is 1.00 e. The van der Waals surface area contributed by atoms with Crippen molar-refractivity contribution in [3.8, 4) is 0 Å². The first-order valence-electron chi connectivity index (χ1n) is 9.83. The molecule has 1 saturated heterocycles. The summed E-state index contributed by atoms with van der Waals surface area (Å²) < 4.78 is 6.93. The zero-order valence-corrected chi connectivity index (χ0v) is 20.3. The first-order valence-corrected chi connectivity index (χ1v) is 13.0. The van der Waals surface area contributed by atoms with Crippen molar-refractivity contribution in [2.75, 3.05) is 0 Å². The van der Waals surface area contributed by atoms with Gasteiger partial charge in [-0.15, -0.1) is 0 Å². The van der Waals surface area contributed by atoms with Gasteiger partial charge in [0.1, 0.15) is 0 Å². The van der Waals surface area contributed by atoms with Gasteiger partial charge in [0.05, 0.1) is 0 Å². The number of carbonyl (C=O) groups excluding carboxylic acids is 1. The Balaban J connectivity index is 0.00000272. The molecule has 0 aliphatic carbocycles. The topological polar surface area (TPSA) is 49.4 Å². The molecule has 4 rings (SSSR count). The number of halogens is 1. The van der Waals surface area contributed by atoms with Gasteiger partial charge in [0.2, 0.25) is 0 Å². The van der Waals surface area contributed by atoms with E-state index in [0.29, 0.717) is 5.57 Å². The molecule has 0 amide bonds. The summed E-state index contributed by atoms with van der Waals surface area (Å²) in [7, 11) is 0. The Morgan fingerprint density at radius 2 is 1.16 bits per heavy atom. The number of alkyl halides is 1. The molecule has 0 bridgehead atoms. The smallest absolute Gasteiger partial charge is 1.00 e. The molecule has 0 radical (unpaired) electrons. The third-order valence-electron chi connectivity index (χ3n) is 6.18. The Morgan fingerprint density at radius 3 is 1.45 bits per heavy atom. The Kier molecular flexibility index (Phi) is 7.01. The molecule has 3 aromatic carbocycles. The summed E-state index contributed by atoms with van der Waals surface area (Å²) in [5, 5.41) is 14.8. The first-order chi connectivity index (χ1) is 14.4. The monoisotopic (exact) mass is 488 g/mol. The first kappa shape index (κ1) is 24.0. The van der Waals surface area contributed by atoms with Crippen molar-refractivity contribution in [3.63, 3.8) is 0 Å². The van der Waals surface area contributed by atoms with Crippen molar-refractivity contribution >= 4 is 44.6 Å². The van der Waals surface area contributed by atoms with Crippen LogP contribution in [0.4, 0.5) is 0 Å². The second-order valence-corrected chi connectivity index (χ2v) is 13.8. The van der Waals surface area contributed by atoms with Crippen LogP contribution in [0.1, 0.15) is 13.8 Å². The average Bonchev–Trinajstić information content (AvgIpc) is 2.80. The predicted octanol–water partition coefficient (Wildman–Crippen LogP) is 0.641. The summed E-state index contributed by atoms with van der Waals surface area (Å²) in [6, 6.07) is 30.9. The fourth-order valence-electron chi connectivity index (χ4n) is 4.43. The van der Waals surface area contributed by atoms with Crippen LogP contribution in [0.3, 0.4) is 0 Å². The Morgan fingerprint density at radius 1 is 0.806 bits per heavy atom. The SMILES string of the molecule is C/C(C(=O)[O-])=C(\C)[C@@H]1OP(c2ccccc2)(c2ccccc2)(c2ccccc2)[C@H]1Br.[Li+]. The van der Waals surface area contributed by atoms with E-state index < -0.39 is 12.8 Å². The molecule has 3 nitrogen and oxygen atoms in total. The largest absolute Gasteiger partial charge is 1.00 e. The van der Waals surface area contributed by atoms with Gasteiger partial charge in [-0.2, -0.15) is 0 Å². The van der Waals surface area contributed by atoms with Gasteiger partial charge >= 0.3 is 205 Å². The molecule has 1 heterocycles. The molecule has 1 fully saturated rings. The Bertz CT molecular complexity index is 1000. The molecule has 0 aromatic heterocycles. The number of aliphatic carboxylic acids is 1. The van der Waals surface area contributed by atoms with Crippen LogP contribution in [0, 0.1) is 0 Å². The summed E-state index contributed by atoms with van der Waals surface area (Å²) in [5.74, 6) is -1.16. The zero-order chi connectivity index (χ0) is 21.4. The van der Waals surface area contributed by atoms with Crippen molar-refractivity contribution in [3.05, 3.63) is 102 Å². The van der Waals surface area contributed by atoms with Gasteiger partial charge in [-0.25, -0.2) is 0 Å². The molecule has 0 saturated carbocycles. The molecule has 154 valence electrons. The summed E-state index contributed by atoms with van der Waals surface area (Å²) in [6.45, 7) is 0.0152. The molecule has 3 aromatic rings. The van der Waals surface area contributed by atoms with Crippen LogP contribution in [-0.4, -0.2) is 16.6 Å². The molecular weight excluding hydrogens is 466 g/mol. The van der Waals surface area contributed by atoms with Gasteiger partial charge in [0.15, 0.2) is 0 Å². The van der Waals surface area contributed by atoms with Gasteiger partial charge in [-0.05, 0) is 0 Å². The maximum absolute atomic E-state index is 11.5. The van der Waals surface area contributed by atoms with E-state index in [4.69, 9.17) is 4.52 Å². The van der Waals surface area contributed by atoms with Gasteiger partial charge in [-0.3, -0.25) is 0 Å². The van der Waals surface area contributed by atoms with E-state index in [1.807, 2.05) is 61.5 Å². The number of hydrogen-bond acceptors (Lipinski definition) is 3. The fourth-order valence-corrected chi connectivity index (χ4v) is 13.4. The number of carboxylic acid groups (broad SMARTS) is 1. The van der Waals surface area contributed by atoms with Crippen molar-refractivity contribution < 1.29 is 33.3 Å². The number of carbonyl (C=O) groups is 1. The van der Waals surface area contributed by atoms with E-state index in [0.717, 1.165) is 15.9 Å². The van der Waals surface area contributed by atoms with Crippen LogP contribution in [-0.2, 0) is 9.32 Å². The molecule has 0 unspecified atom stereocenters. The Hall–Kier alpha value is -1.66. The number of carboxylic acids is 1. The molecule has 0 spiro atoms. The van der Waals surface area contributed by atoms with E-state index in [9.17, 15) is 9.90 Å². The van der Waals surface area contributed by atoms with Crippen LogP contribution in [0.5, 0.6) is 0 Å². The van der Waals surface area contributed by atoms with E-state index in [2.05, 4.69) is 52.3 Å². The summed E-state index contributed by atoms with van der Waals surface area (Å²) in [4.78, 5) is 11.5. The second-order valence-electron chi connectivity index (χ2n) is 7.60. The van der Waals surface area contributed by atoms with Crippen LogP contribution < -0.4 is 39.9 Å². The van der Waals surface area contributed by atoms with E-state index in [1.54, 1.807) is 6.92 Å². The summed E-state index contributed by atoms with van der Waals surface area (Å²) in [6.07, 6.45) is -0.374. The molecule has 2 atom stereocenters. The zero-order valence-electron chi connectivity index (χ0n) is 17.9. The van der Waals surface area contributed by atoms with Gasteiger partial charge in [0, 0.05) is 0 Å². The van der Waals surface area contributed by atoms with Crippen LogP contribution >= 0.6 is 22.8 Å². The Labute approximate surface area is 203 Å².